The normalized spacial score (nSPS) is 16.3. The van der Waals surface area contributed by atoms with Crippen LogP contribution >= 0.6 is 0 Å². The first-order valence-electron chi connectivity index (χ1n) is 9.55. The van der Waals surface area contributed by atoms with Crippen molar-refractivity contribution in [3.8, 4) is 5.75 Å². The number of ether oxygens (including phenoxy) is 1. The molecule has 2 aromatic rings. The molecular weight excluding hydrogens is 340 g/mol. The maximum atomic E-state index is 12.8. The van der Waals surface area contributed by atoms with Crippen molar-refractivity contribution < 1.29 is 14.3 Å². The van der Waals surface area contributed by atoms with Crippen LogP contribution in [0.4, 0.5) is 11.4 Å². The monoisotopic (exact) mass is 364 g/mol. The fourth-order valence-corrected chi connectivity index (χ4v) is 4.05. The van der Waals surface area contributed by atoms with E-state index in [1.807, 2.05) is 23.1 Å². The lowest BCUT2D eigenvalue weighted by Gasteiger charge is -2.21. The Hall–Kier alpha value is -2.82. The Morgan fingerprint density at radius 2 is 1.81 bits per heavy atom. The van der Waals surface area contributed by atoms with Crippen LogP contribution in [0.1, 0.15) is 41.6 Å². The molecule has 140 valence electrons. The van der Waals surface area contributed by atoms with Crippen molar-refractivity contribution in [1.82, 2.24) is 0 Å². The summed E-state index contributed by atoms with van der Waals surface area (Å²) in [5.41, 5.74) is 3.45. The maximum absolute atomic E-state index is 12.8. The number of nitrogens with zero attached hydrogens (tertiary/aromatic N) is 1. The Kier molecular flexibility index (Phi) is 4.84. The molecule has 0 unspecified atom stereocenters. The minimum Gasteiger partial charge on any atom is -0.497 e. The molecule has 0 aromatic heterocycles. The highest BCUT2D eigenvalue weighted by Gasteiger charge is 2.31. The second-order valence-corrected chi connectivity index (χ2v) is 7.25. The molecule has 1 aliphatic heterocycles. The number of anilines is 2. The van der Waals surface area contributed by atoms with E-state index < -0.39 is 0 Å². The first-order chi connectivity index (χ1) is 13.2. The van der Waals surface area contributed by atoms with Crippen LogP contribution in [0.25, 0.3) is 0 Å². The van der Waals surface area contributed by atoms with Crippen LogP contribution in [-0.4, -0.2) is 25.5 Å². The topological polar surface area (TPSA) is 58.6 Å². The van der Waals surface area contributed by atoms with Crippen LogP contribution in [-0.2, 0) is 11.2 Å². The predicted molar refractivity (Wildman–Crippen MR) is 105 cm³/mol. The van der Waals surface area contributed by atoms with Crippen molar-refractivity contribution in [3.05, 3.63) is 53.6 Å². The predicted octanol–water partition coefficient (Wildman–Crippen LogP) is 4.03. The summed E-state index contributed by atoms with van der Waals surface area (Å²) >= 11 is 0. The van der Waals surface area contributed by atoms with Crippen molar-refractivity contribution in [2.75, 3.05) is 23.9 Å². The fourth-order valence-electron chi connectivity index (χ4n) is 4.05. The van der Waals surface area contributed by atoms with Gasteiger partial charge in [-0.05, 0) is 67.3 Å². The van der Waals surface area contributed by atoms with Crippen molar-refractivity contribution in [3.63, 3.8) is 0 Å². The third-order valence-electron chi connectivity index (χ3n) is 5.56. The number of rotatable bonds is 4. The quantitative estimate of drug-likeness (QED) is 0.891. The van der Waals surface area contributed by atoms with E-state index in [0.717, 1.165) is 61.3 Å². The van der Waals surface area contributed by atoms with Crippen LogP contribution in [0.5, 0.6) is 5.75 Å². The summed E-state index contributed by atoms with van der Waals surface area (Å²) < 4.78 is 5.12. The fraction of sp³-hybridized carbons (Fsp3) is 0.364. The van der Waals surface area contributed by atoms with Gasteiger partial charge in [0.1, 0.15) is 5.75 Å². The highest BCUT2D eigenvalue weighted by Crippen LogP contribution is 2.35. The summed E-state index contributed by atoms with van der Waals surface area (Å²) in [6, 6.07) is 12.8. The smallest absolute Gasteiger partial charge is 0.255 e. The standard InChI is InChI=1S/C22H24N2O3/c1-27-19-9-6-15(7-10-19)21(25)23-18-8-11-20-17(14-18)12-13-24(20)22(26)16-4-2-3-5-16/h6-11,14,16H,2-5,12-13H2,1H3,(H,23,25). The summed E-state index contributed by atoms with van der Waals surface area (Å²) in [4.78, 5) is 27.1. The van der Waals surface area contributed by atoms with E-state index >= 15 is 0 Å². The number of amides is 2. The number of benzene rings is 2. The minimum absolute atomic E-state index is 0.158. The Labute approximate surface area is 159 Å². The van der Waals surface area contributed by atoms with Crippen molar-refractivity contribution >= 4 is 23.2 Å². The molecule has 2 aliphatic rings. The molecule has 0 radical (unpaired) electrons. The van der Waals surface area contributed by atoms with Gasteiger partial charge in [-0.15, -0.1) is 0 Å². The average Bonchev–Trinajstić information content (AvgIpc) is 3.37. The number of nitrogens with one attached hydrogen (secondary N) is 1. The van der Waals surface area contributed by atoms with Gasteiger partial charge >= 0.3 is 0 Å². The van der Waals surface area contributed by atoms with Crippen LogP contribution in [0.3, 0.4) is 0 Å². The van der Waals surface area contributed by atoms with Crippen molar-refractivity contribution in [2.45, 2.75) is 32.1 Å². The summed E-state index contributed by atoms with van der Waals surface area (Å²) in [5.74, 6) is 1.01. The van der Waals surface area contributed by atoms with Crippen LogP contribution in [0.15, 0.2) is 42.5 Å². The molecule has 2 aromatic carbocycles. The Morgan fingerprint density at radius 3 is 2.52 bits per heavy atom. The Bertz CT molecular complexity index is 854. The third kappa shape index (κ3) is 3.54. The van der Waals surface area contributed by atoms with Gasteiger partial charge in [-0.2, -0.15) is 0 Å². The van der Waals surface area contributed by atoms with Gasteiger partial charge in [0, 0.05) is 29.4 Å². The molecule has 1 heterocycles. The first-order valence-corrected chi connectivity index (χ1v) is 9.55. The zero-order valence-electron chi connectivity index (χ0n) is 15.5. The van der Waals surface area contributed by atoms with E-state index in [1.165, 1.54) is 0 Å². The van der Waals surface area contributed by atoms with Crippen molar-refractivity contribution in [2.24, 2.45) is 5.92 Å². The zero-order valence-corrected chi connectivity index (χ0v) is 15.5. The molecule has 5 heteroatoms. The molecule has 0 bridgehead atoms. The molecule has 0 spiro atoms. The van der Waals surface area contributed by atoms with Crippen LogP contribution in [0, 0.1) is 5.92 Å². The van der Waals surface area contributed by atoms with Gasteiger partial charge in [-0.25, -0.2) is 0 Å². The Balaban J connectivity index is 1.46. The van der Waals surface area contributed by atoms with E-state index in [0.29, 0.717) is 5.56 Å². The molecule has 1 saturated carbocycles. The highest BCUT2D eigenvalue weighted by atomic mass is 16.5. The first kappa shape index (κ1) is 17.6. The lowest BCUT2D eigenvalue weighted by molar-refractivity contribution is -0.122. The number of hydrogen-bond donors (Lipinski definition) is 1. The number of hydrogen-bond acceptors (Lipinski definition) is 3. The van der Waals surface area contributed by atoms with E-state index in [4.69, 9.17) is 4.74 Å². The molecule has 0 saturated heterocycles. The van der Waals surface area contributed by atoms with Gasteiger partial charge in [-0.3, -0.25) is 9.59 Å². The molecule has 0 atom stereocenters. The van der Waals surface area contributed by atoms with Crippen LogP contribution in [0.2, 0.25) is 0 Å². The van der Waals surface area contributed by atoms with Crippen LogP contribution < -0.4 is 15.0 Å². The van der Waals surface area contributed by atoms with Gasteiger partial charge in [0.05, 0.1) is 7.11 Å². The van der Waals surface area contributed by atoms with Crippen molar-refractivity contribution in [1.29, 1.82) is 0 Å². The van der Waals surface area contributed by atoms with Gasteiger partial charge < -0.3 is 15.0 Å². The summed E-state index contributed by atoms with van der Waals surface area (Å²) in [6.45, 7) is 0.737. The second-order valence-electron chi connectivity index (χ2n) is 7.25. The largest absolute Gasteiger partial charge is 0.497 e. The summed E-state index contributed by atoms with van der Waals surface area (Å²) in [5, 5.41) is 2.94. The molecule has 1 fully saturated rings. The molecule has 1 N–H and O–H groups in total. The summed E-state index contributed by atoms with van der Waals surface area (Å²) in [7, 11) is 1.60. The van der Waals surface area contributed by atoms with E-state index in [1.54, 1.807) is 31.4 Å². The average molecular weight is 364 g/mol. The van der Waals surface area contributed by atoms with E-state index in [-0.39, 0.29) is 17.7 Å². The number of carbonyl (C=O) groups excluding carboxylic acids is 2. The molecular formula is C22H24N2O3. The highest BCUT2D eigenvalue weighted by molar-refractivity contribution is 6.05. The number of methoxy groups -OCH3 is 1. The lowest BCUT2D eigenvalue weighted by Crippen LogP contribution is -2.33. The van der Waals surface area contributed by atoms with Gasteiger partial charge in [0.25, 0.3) is 5.91 Å². The second kappa shape index (κ2) is 7.43. The van der Waals surface area contributed by atoms with E-state index in [2.05, 4.69) is 5.32 Å². The lowest BCUT2D eigenvalue weighted by atomic mass is 10.1. The number of carbonyl (C=O) groups is 2. The molecule has 27 heavy (non-hydrogen) atoms. The Morgan fingerprint density at radius 1 is 1.07 bits per heavy atom. The molecule has 1 aliphatic carbocycles. The zero-order chi connectivity index (χ0) is 18.8. The summed E-state index contributed by atoms with van der Waals surface area (Å²) in [6.07, 6.45) is 5.18. The minimum atomic E-state index is -0.158. The number of fused-ring (bicyclic) bond motifs is 1. The van der Waals surface area contributed by atoms with Gasteiger partial charge in [0.2, 0.25) is 5.91 Å². The molecule has 4 rings (SSSR count). The third-order valence-corrected chi connectivity index (χ3v) is 5.56. The molecule has 2 amide bonds. The molecule has 5 nitrogen and oxygen atoms in total. The maximum Gasteiger partial charge on any atom is 0.255 e. The van der Waals surface area contributed by atoms with E-state index in [9.17, 15) is 9.59 Å². The van der Waals surface area contributed by atoms with Gasteiger partial charge in [0.15, 0.2) is 0 Å². The van der Waals surface area contributed by atoms with Gasteiger partial charge in [-0.1, -0.05) is 12.8 Å². The SMILES string of the molecule is COc1ccc(C(=O)Nc2ccc3c(c2)CCN3C(=O)C2CCCC2)cc1.